The van der Waals surface area contributed by atoms with Crippen LogP contribution in [-0.4, -0.2) is 32.5 Å². The predicted octanol–water partition coefficient (Wildman–Crippen LogP) is 1.79. The van der Waals surface area contributed by atoms with Crippen LogP contribution >= 0.6 is 22.9 Å². The van der Waals surface area contributed by atoms with Gasteiger partial charge in [0.25, 0.3) is 0 Å². The molecule has 0 saturated heterocycles. The molecular weight excluding hydrogens is 374 g/mol. The zero-order chi connectivity index (χ0) is 17.7. The Kier molecular flexibility index (Phi) is 6.16. The third-order valence-electron chi connectivity index (χ3n) is 3.09. The van der Waals surface area contributed by atoms with Crippen LogP contribution < -0.4 is 14.8 Å². The van der Waals surface area contributed by atoms with Crippen LogP contribution in [0.5, 0.6) is 5.75 Å². The lowest BCUT2D eigenvalue weighted by Crippen LogP contribution is -2.44. The number of carbonyl (C=O) groups is 1. The zero-order valence-electron chi connectivity index (χ0n) is 12.9. The quantitative estimate of drug-likeness (QED) is 0.752. The van der Waals surface area contributed by atoms with Crippen LogP contribution in [0.4, 0.5) is 0 Å². The molecule has 1 atom stereocenters. The first-order chi connectivity index (χ1) is 11.3. The van der Waals surface area contributed by atoms with E-state index in [4.69, 9.17) is 16.3 Å². The Balaban J connectivity index is 2.02. The lowest BCUT2D eigenvalue weighted by atomic mass is 10.3. The van der Waals surface area contributed by atoms with Gasteiger partial charge in [-0.25, -0.2) is 13.4 Å². The summed E-state index contributed by atoms with van der Waals surface area (Å²) in [7, 11) is -2.46. The van der Waals surface area contributed by atoms with Crippen molar-refractivity contribution in [1.29, 1.82) is 0 Å². The van der Waals surface area contributed by atoms with Crippen molar-refractivity contribution >= 4 is 38.9 Å². The molecule has 24 heavy (non-hydrogen) atoms. The lowest BCUT2D eigenvalue weighted by molar-refractivity contribution is -0.122. The van der Waals surface area contributed by atoms with Crippen LogP contribution in [0.1, 0.15) is 12.6 Å². The van der Waals surface area contributed by atoms with Gasteiger partial charge in [0.15, 0.2) is 0 Å². The molecule has 2 aromatic rings. The Morgan fingerprint density at radius 1 is 1.46 bits per heavy atom. The molecule has 1 amide bonds. The molecule has 0 radical (unpaired) electrons. The molecule has 2 rings (SSSR count). The van der Waals surface area contributed by atoms with Crippen LogP contribution in [0.15, 0.2) is 34.0 Å². The summed E-state index contributed by atoms with van der Waals surface area (Å²) in [5, 5.41) is 4.59. The van der Waals surface area contributed by atoms with E-state index in [1.54, 1.807) is 10.9 Å². The summed E-state index contributed by atoms with van der Waals surface area (Å²) in [5.74, 6) is -0.0872. The normalized spacial score (nSPS) is 12.6. The highest BCUT2D eigenvalue weighted by Crippen LogP contribution is 2.26. The fraction of sp³-hybridized carbons (Fsp3) is 0.286. The second kappa shape index (κ2) is 7.93. The number of nitrogens with zero attached hydrogens (tertiary/aromatic N) is 1. The summed E-state index contributed by atoms with van der Waals surface area (Å²) in [6, 6.07) is 3.12. The van der Waals surface area contributed by atoms with E-state index in [0.717, 1.165) is 0 Å². The van der Waals surface area contributed by atoms with Crippen LogP contribution in [-0.2, 0) is 21.4 Å². The number of nitrogens with one attached hydrogen (secondary N) is 2. The molecule has 1 unspecified atom stereocenters. The summed E-state index contributed by atoms with van der Waals surface area (Å²) >= 11 is 7.35. The Morgan fingerprint density at radius 3 is 2.79 bits per heavy atom. The van der Waals surface area contributed by atoms with Gasteiger partial charge in [-0.1, -0.05) is 11.6 Å². The van der Waals surface area contributed by atoms with Crippen molar-refractivity contribution in [3.8, 4) is 5.75 Å². The topological polar surface area (TPSA) is 97.4 Å². The maximum Gasteiger partial charge on any atom is 0.241 e. The number of carbonyl (C=O) groups excluding carboxylic acids is 1. The number of halogens is 1. The number of hydrogen-bond donors (Lipinski definition) is 2. The van der Waals surface area contributed by atoms with Gasteiger partial charge in [-0.3, -0.25) is 4.79 Å². The van der Waals surface area contributed by atoms with Crippen molar-refractivity contribution in [3.05, 3.63) is 39.8 Å². The van der Waals surface area contributed by atoms with Gasteiger partial charge < -0.3 is 10.1 Å². The fourth-order valence-electron chi connectivity index (χ4n) is 1.82. The van der Waals surface area contributed by atoms with E-state index in [-0.39, 0.29) is 16.5 Å². The first-order valence-electron chi connectivity index (χ1n) is 6.84. The molecule has 1 aromatic heterocycles. The molecular formula is C14H16ClN3O4S2. The van der Waals surface area contributed by atoms with E-state index in [1.807, 2.05) is 0 Å². The fourth-order valence-corrected chi connectivity index (χ4v) is 3.93. The van der Waals surface area contributed by atoms with E-state index in [2.05, 4.69) is 15.0 Å². The highest BCUT2D eigenvalue weighted by Gasteiger charge is 2.22. The molecule has 0 aliphatic heterocycles. The monoisotopic (exact) mass is 389 g/mol. The Labute approximate surface area is 149 Å². The molecule has 0 spiro atoms. The first kappa shape index (κ1) is 18.7. The minimum absolute atomic E-state index is 0.0487. The van der Waals surface area contributed by atoms with Crippen LogP contribution in [0.25, 0.3) is 0 Å². The first-order valence-corrected chi connectivity index (χ1v) is 9.64. The average Bonchev–Trinajstić information content (AvgIpc) is 3.05. The smallest absolute Gasteiger partial charge is 0.241 e. The van der Waals surface area contributed by atoms with Gasteiger partial charge in [0.2, 0.25) is 15.9 Å². The Morgan fingerprint density at radius 2 is 2.21 bits per heavy atom. The molecule has 2 N–H and O–H groups in total. The average molecular weight is 390 g/mol. The van der Waals surface area contributed by atoms with Crippen LogP contribution in [0, 0.1) is 0 Å². The number of amides is 1. The molecule has 0 fully saturated rings. The number of rotatable bonds is 7. The van der Waals surface area contributed by atoms with Gasteiger partial charge in [0.1, 0.15) is 5.75 Å². The third-order valence-corrected chi connectivity index (χ3v) is 5.56. The number of hydrogen-bond acceptors (Lipinski definition) is 6. The molecule has 0 aliphatic rings. The van der Waals surface area contributed by atoms with Gasteiger partial charge >= 0.3 is 0 Å². The minimum atomic E-state index is -3.89. The van der Waals surface area contributed by atoms with E-state index >= 15 is 0 Å². The van der Waals surface area contributed by atoms with Crippen molar-refractivity contribution < 1.29 is 17.9 Å². The van der Waals surface area contributed by atoms with Crippen molar-refractivity contribution in [2.24, 2.45) is 0 Å². The molecule has 1 aromatic carbocycles. The summed E-state index contributed by atoms with van der Waals surface area (Å²) in [5.41, 5.74) is 2.37. The number of aromatic nitrogens is 1. The standard InChI is InChI=1S/C14H16ClN3O4S2/c1-9(14(19)16-6-10-7-23-8-17-10)18-24(20,21)11-3-4-13(22-2)12(15)5-11/h3-5,7-9,18H,6H2,1-2H3,(H,16,19). The third kappa shape index (κ3) is 4.67. The van der Waals surface area contributed by atoms with E-state index < -0.39 is 22.0 Å². The van der Waals surface area contributed by atoms with Gasteiger partial charge in [0.05, 0.1) is 40.8 Å². The second-order valence-corrected chi connectivity index (χ2v) is 7.68. The Hall–Kier alpha value is -1.68. The molecule has 130 valence electrons. The lowest BCUT2D eigenvalue weighted by Gasteiger charge is -2.14. The van der Waals surface area contributed by atoms with Crippen molar-refractivity contribution in [2.75, 3.05) is 7.11 Å². The Bertz CT molecular complexity index is 809. The van der Waals surface area contributed by atoms with E-state index in [0.29, 0.717) is 11.4 Å². The van der Waals surface area contributed by atoms with E-state index in [1.165, 1.54) is 43.6 Å². The number of benzene rings is 1. The highest BCUT2D eigenvalue weighted by atomic mass is 35.5. The van der Waals surface area contributed by atoms with E-state index in [9.17, 15) is 13.2 Å². The van der Waals surface area contributed by atoms with Crippen molar-refractivity contribution in [2.45, 2.75) is 24.4 Å². The maximum absolute atomic E-state index is 12.3. The molecule has 1 heterocycles. The van der Waals surface area contributed by atoms with Crippen molar-refractivity contribution in [3.63, 3.8) is 0 Å². The van der Waals surface area contributed by atoms with Gasteiger partial charge in [-0.2, -0.15) is 4.72 Å². The van der Waals surface area contributed by atoms with Gasteiger partial charge in [-0.15, -0.1) is 11.3 Å². The van der Waals surface area contributed by atoms with Gasteiger partial charge in [0, 0.05) is 5.38 Å². The number of ether oxygens (including phenoxy) is 1. The minimum Gasteiger partial charge on any atom is -0.495 e. The summed E-state index contributed by atoms with van der Waals surface area (Å²) < 4.78 is 32.0. The van der Waals surface area contributed by atoms with Crippen molar-refractivity contribution in [1.82, 2.24) is 15.0 Å². The number of thiazole rings is 1. The largest absolute Gasteiger partial charge is 0.495 e. The maximum atomic E-state index is 12.3. The molecule has 0 saturated carbocycles. The van der Waals surface area contributed by atoms with Gasteiger partial charge in [-0.05, 0) is 25.1 Å². The number of methoxy groups -OCH3 is 1. The summed E-state index contributed by atoms with van der Waals surface area (Å²) in [6.45, 7) is 1.70. The zero-order valence-corrected chi connectivity index (χ0v) is 15.3. The summed E-state index contributed by atoms with van der Waals surface area (Å²) in [6.07, 6.45) is 0. The SMILES string of the molecule is COc1ccc(S(=O)(=O)NC(C)C(=O)NCc2cscn2)cc1Cl. The van der Waals surface area contributed by atoms with Crippen LogP contribution in [0.3, 0.4) is 0 Å². The second-order valence-electron chi connectivity index (χ2n) is 4.84. The predicted molar refractivity (Wildman–Crippen MR) is 91.7 cm³/mol. The molecule has 0 bridgehead atoms. The highest BCUT2D eigenvalue weighted by molar-refractivity contribution is 7.89. The van der Waals surface area contributed by atoms with Crippen LogP contribution in [0.2, 0.25) is 5.02 Å². The summed E-state index contributed by atoms with van der Waals surface area (Å²) in [4.78, 5) is 16.0. The molecule has 10 heteroatoms. The molecule has 0 aliphatic carbocycles. The molecule has 7 nitrogen and oxygen atoms in total. The number of sulfonamides is 1.